The van der Waals surface area contributed by atoms with Crippen molar-refractivity contribution in [3.05, 3.63) is 65.7 Å². The van der Waals surface area contributed by atoms with E-state index >= 15 is 0 Å². The van der Waals surface area contributed by atoms with Gasteiger partial charge in [-0.15, -0.1) is 0 Å². The topological polar surface area (TPSA) is 49.4 Å². The lowest BCUT2D eigenvalue weighted by molar-refractivity contribution is 0.440. The van der Waals surface area contributed by atoms with Crippen molar-refractivity contribution in [3.63, 3.8) is 0 Å². The van der Waals surface area contributed by atoms with E-state index in [-0.39, 0.29) is 0 Å². The van der Waals surface area contributed by atoms with Gasteiger partial charge in [0.2, 0.25) is 0 Å². The highest BCUT2D eigenvalue weighted by Gasteiger charge is 1.97. The first-order valence-corrected chi connectivity index (χ1v) is 6.14. The Morgan fingerprint density at radius 1 is 0.941 bits per heavy atom. The molecule has 0 saturated heterocycles. The average Bonchev–Trinajstić information content (AvgIpc) is 2.32. The van der Waals surface area contributed by atoms with Crippen LogP contribution in [0.15, 0.2) is 54.6 Å². The van der Waals surface area contributed by atoms with Crippen molar-refractivity contribution in [1.29, 1.82) is 0 Å². The largest absolute Gasteiger partial charge is 0.740 e. The molecule has 0 aromatic heterocycles. The minimum Gasteiger partial charge on any atom is -0.740 e. The lowest BCUT2D eigenvalue weighted by atomic mass is 10.1. The molecule has 17 heavy (non-hydrogen) atoms. The molecule has 0 N–H and O–H groups in total. The predicted octanol–water partition coefficient (Wildman–Crippen LogP) is 2.45. The van der Waals surface area contributed by atoms with Crippen molar-refractivity contribution >= 4 is 11.4 Å². The molecular formula is C13H11O3S-. The molecule has 1 unspecified atom stereocenters. The van der Waals surface area contributed by atoms with Crippen LogP contribution in [-0.4, -0.2) is 8.76 Å². The maximum absolute atomic E-state index is 10.3. The van der Waals surface area contributed by atoms with Crippen LogP contribution in [0.25, 0.3) is 0 Å². The zero-order valence-corrected chi connectivity index (χ0v) is 9.85. The van der Waals surface area contributed by atoms with E-state index < -0.39 is 11.4 Å². The molecule has 4 heteroatoms. The van der Waals surface area contributed by atoms with E-state index in [1.165, 1.54) is 5.56 Å². The van der Waals surface area contributed by atoms with Crippen molar-refractivity contribution in [3.8, 4) is 5.75 Å². The Morgan fingerprint density at radius 2 is 1.53 bits per heavy atom. The molecule has 3 nitrogen and oxygen atoms in total. The SMILES string of the molecule is O=S([O-])Oc1ccc(Cc2ccccc2)cc1. The summed E-state index contributed by atoms with van der Waals surface area (Å²) in [6.07, 6.45) is 0.821. The van der Waals surface area contributed by atoms with Crippen LogP contribution in [0.3, 0.4) is 0 Å². The van der Waals surface area contributed by atoms with Gasteiger partial charge in [0.05, 0.1) is 0 Å². The number of hydrogen-bond donors (Lipinski definition) is 0. The monoisotopic (exact) mass is 247 g/mol. The van der Waals surface area contributed by atoms with E-state index in [0.29, 0.717) is 5.75 Å². The van der Waals surface area contributed by atoms with Gasteiger partial charge in [-0.2, -0.15) is 0 Å². The molecule has 88 valence electrons. The molecule has 0 heterocycles. The summed E-state index contributed by atoms with van der Waals surface area (Å²) in [5.74, 6) is 0.329. The fraction of sp³-hybridized carbons (Fsp3) is 0.0769. The molecule has 0 amide bonds. The quantitative estimate of drug-likeness (QED) is 0.780. The maximum atomic E-state index is 10.3. The average molecular weight is 247 g/mol. The van der Waals surface area contributed by atoms with Crippen LogP contribution in [0.1, 0.15) is 11.1 Å². The predicted molar refractivity (Wildman–Crippen MR) is 65.2 cm³/mol. The molecular weight excluding hydrogens is 236 g/mol. The zero-order valence-electron chi connectivity index (χ0n) is 9.04. The van der Waals surface area contributed by atoms with Crippen LogP contribution in [0.4, 0.5) is 0 Å². The van der Waals surface area contributed by atoms with Gasteiger partial charge in [0, 0.05) is 0 Å². The minimum absolute atomic E-state index is 0.329. The zero-order chi connectivity index (χ0) is 12.1. The molecule has 0 radical (unpaired) electrons. The second-order valence-electron chi connectivity index (χ2n) is 3.59. The molecule has 0 fully saturated rings. The maximum Gasteiger partial charge on any atom is 0.139 e. The summed E-state index contributed by atoms with van der Waals surface area (Å²) in [6, 6.07) is 17.1. The smallest absolute Gasteiger partial charge is 0.139 e. The van der Waals surface area contributed by atoms with E-state index in [4.69, 9.17) is 0 Å². The Morgan fingerprint density at radius 3 is 2.12 bits per heavy atom. The van der Waals surface area contributed by atoms with Gasteiger partial charge < -0.3 is 8.74 Å². The van der Waals surface area contributed by atoms with Crippen molar-refractivity contribution in [1.82, 2.24) is 0 Å². The Hall–Kier alpha value is -1.65. The Labute approximate surface area is 103 Å². The molecule has 0 spiro atoms. The highest BCUT2D eigenvalue weighted by Crippen LogP contribution is 2.15. The third-order valence-corrected chi connectivity index (χ3v) is 2.67. The fourth-order valence-corrected chi connectivity index (χ4v) is 1.84. The Kier molecular flexibility index (Phi) is 3.90. The first kappa shape index (κ1) is 11.8. The standard InChI is InChI=1S/C13H12O3S/c14-17(15)16-13-8-6-12(7-9-13)10-11-4-2-1-3-5-11/h1-9H,10H2,(H,14,15)/p-1. The summed E-state index contributed by atoms with van der Waals surface area (Å²) in [6.45, 7) is 0. The summed E-state index contributed by atoms with van der Waals surface area (Å²) in [5.41, 5.74) is 2.33. The summed E-state index contributed by atoms with van der Waals surface area (Å²) < 4.78 is 25.2. The molecule has 2 aromatic carbocycles. The van der Waals surface area contributed by atoms with Gasteiger partial charge in [0.15, 0.2) is 0 Å². The van der Waals surface area contributed by atoms with Gasteiger partial charge in [0.25, 0.3) is 0 Å². The first-order chi connectivity index (χ1) is 8.24. The molecule has 0 aliphatic carbocycles. The van der Waals surface area contributed by atoms with E-state index in [1.807, 2.05) is 30.3 Å². The van der Waals surface area contributed by atoms with Gasteiger partial charge >= 0.3 is 0 Å². The summed E-state index contributed by atoms with van der Waals surface area (Å²) in [4.78, 5) is 0. The Bertz CT molecular complexity index is 494. The third-order valence-electron chi connectivity index (χ3n) is 2.34. The lowest BCUT2D eigenvalue weighted by Gasteiger charge is -2.07. The van der Waals surface area contributed by atoms with Gasteiger partial charge in [-0.05, 0) is 29.7 Å². The number of benzene rings is 2. The van der Waals surface area contributed by atoms with Crippen LogP contribution < -0.4 is 4.18 Å². The van der Waals surface area contributed by atoms with E-state index in [0.717, 1.165) is 12.0 Å². The first-order valence-electron chi connectivity index (χ1n) is 5.14. The van der Waals surface area contributed by atoms with Crippen molar-refractivity contribution in [2.24, 2.45) is 0 Å². The van der Waals surface area contributed by atoms with Crippen LogP contribution in [-0.2, 0) is 17.8 Å². The Balaban J connectivity index is 2.06. The number of rotatable bonds is 4. The van der Waals surface area contributed by atoms with E-state index in [1.54, 1.807) is 12.1 Å². The molecule has 2 aromatic rings. The summed E-state index contributed by atoms with van der Waals surface area (Å²) >= 11 is -2.51. The van der Waals surface area contributed by atoms with Crippen LogP contribution in [0, 0.1) is 0 Å². The van der Waals surface area contributed by atoms with Crippen molar-refractivity contribution in [2.75, 3.05) is 0 Å². The second kappa shape index (κ2) is 5.61. The van der Waals surface area contributed by atoms with Crippen LogP contribution >= 0.6 is 0 Å². The molecule has 1 atom stereocenters. The molecule has 0 aliphatic rings. The minimum atomic E-state index is -2.51. The van der Waals surface area contributed by atoms with Crippen molar-refractivity contribution in [2.45, 2.75) is 6.42 Å². The highest BCUT2D eigenvalue weighted by atomic mass is 32.2. The second-order valence-corrected chi connectivity index (χ2v) is 4.17. The number of hydrogen-bond acceptors (Lipinski definition) is 3. The lowest BCUT2D eigenvalue weighted by Crippen LogP contribution is -1.97. The van der Waals surface area contributed by atoms with Gasteiger partial charge in [-0.3, -0.25) is 0 Å². The normalized spacial score (nSPS) is 12.1. The van der Waals surface area contributed by atoms with E-state index in [9.17, 15) is 8.76 Å². The summed E-state index contributed by atoms with van der Waals surface area (Å²) in [5, 5.41) is 0. The van der Waals surface area contributed by atoms with Gasteiger partial charge in [-0.25, -0.2) is 4.21 Å². The van der Waals surface area contributed by atoms with Gasteiger partial charge in [-0.1, -0.05) is 42.5 Å². The summed E-state index contributed by atoms with van der Waals surface area (Å²) in [7, 11) is 0. The molecule has 0 aliphatic heterocycles. The van der Waals surface area contributed by atoms with E-state index in [2.05, 4.69) is 16.3 Å². The molecule has 0 bridgehead atoms. The molecule has 0 saturated carbocycles. The molecule has 2 rings (SSSR count). The fourth-order valence-electron chi connectivity index (χ4n) is 1.57. The van der Waals surface area contributed by atoms with Crippen molar-refractivity contribution < 1.29 is 12.9 Å². The van der Waals surface area contributed by atoms with Gasteiger partial charge in [0.1, 0.15) is 17.1 Å². The van der Waals surface area contributed by atoms with Crippen LogP contribution in [0.2, 0.25) is 0 Å². The van der Waals surface area contributed by atoms with Crippen LogP contribution in [0.5, 0.6) is 5.75 Å². The third kappa shape index (κ3) is 3.69. The highest BCUT2D eigenvalue weighted by molar-refractivity contribution is 7.74.